The molecule has 0 aliphatic heterocycles. The Morgan fingerprint density at radius 2 is 1.91 bits per heavy atom. The zero-order valence-electron chi connectivity index (χ0n) is 20.8. The van der Waals surface area contributed by atoms with Crippen molar-refractivity contribution < 1.29 is 24.2 Å². The van der Waals surface area contributed by atoms with E-state index in [1.54, 1.807) is 0 Å². The molecule has 1 amide bonds. The minimum Gasteiger partial charge on any atom is -0.481 e. The molecular formula is C27H36N2O5. The van der Waals surface area contributed by atoms with Crippen LogP contribution >= 0.6 is 0 Å². The molecule has 0 unspecified atom stereocenters. The van der Waals surface area contributed by atoms with E-state index < -0.39 is 23.1 Å². The van der Waals surface area contributed by atoms with E-state index in [4.69, 9.17) is 14.5 Å². The highest BCUT2D eigenvalue weighted by molar-refractivity contribution is 5.83. The van der Waals surface area contributed by atoms with Crippen LogP contribution in [0.5, 0.6) is 0 Å². The Bertz CT molecular complexity index is 1050. The number of amides is 1. The van der Waals surface area contributed by atoms with Crippen molar-refractivity contribution in [2.24, 2.45) is 5.41 Å². The van der Waals surface area contributed by atoms with Crippen LogP contribution in [-0.4, -0.2) is 40.5 Å². The van der Waals surface area contributed by atoms with Crippen LogP contribution in [0, 0.1) is 5.41 Å². The van der Waals surface area contributed by atoms with Crippen molar-refractivity contribution in [3.05, 3.63) is 47.7 Å². The average molecular weight is 469 g/mol. The second-order valence-electron chi connectivity index (χ2n) is 10.0. The number of carboxylic acids is 1. The molecule has 34 heavy (non-hydrogen) atoms. The summed E-state index contributed by atoms with van der Waals surface area (Å²) >= 11 is 0. The van der Waals surface area contributed by atoms with Gasteiger partial charge < -0.3 is 19.9 Å². The zero-order chi connectivity index (χ0) is 24.9. The van der Waals surface area contributed by atoms with Gasteiger partial charge in [-0.1, -0.05) is 30.4 Å². The van der Waals surface area contributed by atoms with Crippen molar-refractivity contribution >= 4 is 29.0 Å². The van der Waals surface area contributed by atoms with Gasteiger partial charge in [-0.2, -0.15) is 0 Å². The van der Waals surface area contributed by atoms with Crippen LogP contribution < -0.4 is 5.32 Å². The summed E-state index contributed by atoms with van der Waals surface area (Å²) in [6.07, 6.45) is 5.98. The Balaban J connectivity index is 1.77. The molecule has 0 saturated heterocycles. The standard InChI is InChI=1S/C27H36N2O5/c1-6-33-21-12-15-27(16-13-21,24(30)31)14-11-19-7-8-20-9-10-22(29-23(20)17-19)18(2)28-25(32)34-26(3,4)5/h7-11,14,17-18,21H,6,12-13,15-16H2,1-5H3,(H,28,32)(H,30,31)/b14-11+/t18-,21-,27-/m1/s1. The first-order chi connectivity index (χ1) is 16.0. The number of fused-ring (bicyclic) bond motifs is 1. The van der Waals surface area contributed by atoms with Crippen LogP contribution in [-0.2, 0) is 14.3 Å². The molecule has 184 valence electrons. The van der Waals surface area contributed by atoms with Crippen LogP contribution in [0.2, 0.25) is 0 Å². The topological polar surface area (TPSA) is 97.8 Å². The monoisotopic (exact) mass is 468 g/mol. The third-order valence-electron chi connectivity index (χ3n) is 6.16. The Kier molecular flexibility index (Phi) is 7.97. The molecule has 1 atom stereocenters. The van der Waals surface area contributed by atoms with Gasteiger partial charge in [0.05, 0.1) is 28.8 Å². The molecule has 2 aromatic rings. The third-order valence-corrected chi connectivity index (χ3v) is 6.16. The number of aliphatic carboxylic acids is 1. The number of alkyl carbamates (subject to hydrolysis) is 1. The summed E-state index contributed by atoms with van der Waals surface area (Å²) in [4.78, 5) is 29.0. The molecule has 1 aliphatic carbocycles. The maximum absolute atomic E-state index is 12.1. The molecule has 1 aromatic carbocycles. The number of pyridine rings is 1. The highest BCUT2D eigenvalue weighted by Crippen LogP contribution is 2.39. The van der Waals surface area contributed by atoms with Crippen molar-refractivity contribution in [2.45, 2.75) is 78.0 Å². The van der Waals surface area contributed by atoms with E-state index in [1.807, 2.05) is 77.1 Å². The first-order valence-corrected chi connectivity index (χ1v) is 12.0. The van der Waals surface area contributed by atoms with Crippen molar-refractivity contribution in [2.75, 3.05) is 6.61 Å². The summed E-state index contributed by atoms with van der Waals surface area (Å²) in [7, 11) is 0. The number of rotatable bonds is 7. The van der Waals surface area contributed by atoms with E-state index in [0.29, 0.717) is 19.4 Å². The fourth-order valence-electron chi connectivity index (χ4n) is 4.27. The first kappa shape index (κ1) is 25.7. The van der Waals surface area contributed by atoms with Gasteiger partial charge in [-0.3, -0.25) is 9.78 Å². The lowest BCUT2D eigenvalue weighted by Gasteiger charge is -2.34. The van der Waals surface area contributed by atoms with E-state index in [2.05, 4.69) is 5.32 Å². The number of ether oxygens (including phenoxy) is 2. The Morgan fingerprint density at radius 3 is 2.53 bits per heavy atom. The quantitative estimate of drug-likeness (QED) is 0.526. The van der Waals surface area contributed by atoms with Crippen molar-refractivity contribution in [1.82, 2.24) is 10.3 Å². The predicted octanol–water partition coefficient (Wildman–Crippen LogP) is 5.88. The van der Waals surface area contributed by atoms with Gasteiger partial charge in [0, 0.05) is 12.0 Å². The fourth-order valence-corrected chi connectivity index (χ4v) is 4.27. The molecule has 7 heteroatoms. The van der Waals surface area contributed by atoms with Gasteiger partial charge in [0.1, 0.15) is 5.60 Å². The molecular weight excluding hydrogens is 432 g/mol. The van der Waals surface area contributed by atoms with Crippen LogP contribution in [0.1, 0.15) is 77.6 Å². The zero-order valence-corrected chi connectivity index (χ0v) is 20.8. The number of carbonyl (C=O) groups is 2. The number of aromatic nitrogens is 1. The number of carbonyl (C=O) groups excluding carboxylic acids is 1. The summed E-state index contributed by atoms with van der Waals surface area (Å²) in [6.45, 7) is 9.93. The molecule has 1 saturated carbocycles. The van der Waals surface area contributed by atoms with E-state index in [1.165, 1.54) is 0 Å². The lowest BCUT2D eigenvalue weighted by molar-refractivity contribution is -0.149. The van der Waals surface area contributed by atoms with Gasteiger partial charge in [0.2, 0.25) is 0 Å². The molecule has 0 spiro atoms. The SMILES string of the molecule is CCO[C@H]1CC[C@](/C=C/c2ccc3ccc([C@@H](C)NC(=O)OC(C)(C)C)nc3c2)(C(=O)O)CC1. The van der Waals surface area contributed by atoms with Gasteiger partial charge in [-0.25, -0.2) is 4.79 Å². The molecule has 3 rings (SSSR count). The van der Waals surface area contributed by atoms with Crippen LogP contribution in [0.25, 0.3) is 17.0 Å². The maximum atomic E-state index is 12.1. The summed E-state index contributed by atoms with van der Waals surface area (Å²) in [5.41, 5.74) is 0.941. The largest absolute Gasteiger partial charge is 0.481 e. The minimum absolute atomic E-state index is 0.144. The smallest absolute Gasteiger partial charge is 0.408 e. The van der Waals surface area contributed by atoms with Gasteiger partial charge in [-0.15, -0.1) is 0 Å². The number of hydrogen-bond acceptors (Lipinski definition) is 5. The summed E-state index contributed by atoms with van der Waals surface area (Å²) in [6, 6.07) is 9.40. The number of carboxylic acid groups (broad SMARTS) is 1. The molecule has 1 aliphatic rings. The highest BCUT2D eigenvalue weighted by atomic mass is 16.6. The van der Waals surface area contributed by atoms with Crippen molar-refractivity contribution in [1.29, 1.82) is 0 Å². The fraction of sp³-hybridized carbons (Fsp3) is 0.519. The second kappa shape index (κ2) is 10.6. The highest BCUT2D eigenvalue weighted by Gasteiger charge is 2.40. The number of nitrogens with zero attached hydrogens (tertiary/aromatic N) is 1. The molecule has 0 bridgehead atoms. The van der Waals surface area contributed by atoms with Crippen LogP contribution in [0.15, 0.2) is 36.4 Å². The third kappa shape index (κ3) is 6.56. The molecule has 2 N–H and O–H groups in total. The van der Waals surface area contributed by atoms with Crippen molar-refractivity contribution in [3.8, 4) is 0 Å². The normalized spacial score (nSPS) is 22.0. The lowest BCUT2D eigenvalue weighted by atomic mass is 9.72. The molecule has 0 radical (unpaired) electrons. The number of hydrogen-bond donors (Lipinski definition) is 2. The summed E-state index contributed by atoms with van der Waals surface area (Å²) in [5.74, 6) is -0.790. The van der Waals surface area contributed by atoms with Crippen LogP contribution in [0.3, 0.4) is 0 Å². The van der Waals surface area contributed by atoms with E-state index in [-0.39, 0.29) is 12.1 Å². The Morgan fingerprint density at radius 1 is 1.24 bits per heavy atom. The minimum atomic E-state index is -0.871. The van der Waals surface area contributed by atoms with E-state index in [0.717, 1.165) is 35.0 Å². The second-order valence-corrected chi connectivity index (χ2v) is 10.0. The average Bonchev–Trinajstić information content (AvgIpc) is 2.77. The van der Waals surface area contributed by atoms with Gasteiger partial charge in [0.25, 0.3) is 0 Å². The number of nitrogens with one attached hydrogen (secondary N) is 1. The predicted molar refractivity (Wildman–Crippen MR) is 133 cm³/mol. The van der Waals surface area contributed by atoms with E-state index >= 15 is 0 Å². The van der Waals surface area contributed by atoms with Crippen molar-refractivity contribution in [3.63, 3.8) is 0 Å². The maximum Gasteiger partial charge on any atom is 0.408 e. The lowest BCUT2D eigenvalue weighted by Crippen LogP contribution is -2.36. The number of benzene rings is 1. The first-order valence-electron chi connectivity index (χ1n) is 12.0. The molecule has 1 aromatic heterocycles. The molecule has 7 nitrogen and oxygen atoms in total. The van der Waals surface area contributed by atoms with Crippen LogP contribution in [0.4, 0.5) is 4.79 Å². The summed E-state index contributed by atoms with van der Waals surface area (Å²) < 4.78 is 11.0. The molecule has 1 heterocycles. The van der Waals surface area contributed by atoms with Gasteiger partial charge in [-0.05, 0) is 78.0 Å². The Hall–Kier alpha value is -2.93. The van der Waals surface area contributed by atoms with E-state index in [9.17, 15) is 14.7 Å². The molecule has 1 fully saturated rings. The Labute approximate surface area is 201 Å². The summed E-state index contributed by atoms with van der Waals surface area (Å²) in [5, 5.41) is 13.7. The van der Waals surface area contributed by atoms with Gasteiger partial charge >= 0.3 is 12.1 Å². The van der Waals surface area contributed by atoms with Gasteiger partial charge in [0.15, 0.2) is 0 Å².